The first-order chi connectivity index (χ1) is 15.7. The van der Waals surface area contributed by atoms with Gasteiger partial charge in [0.15, 0.2) is 5.96 Å². The number of carbonyl (C=O) groups excluding carboxylic acids is 2. The monoisotopic (exact) mass is 434 g/mol. The number of allylic oxidation sites excluding steroid dienone is 2. The van der Waals surface area contributed by atoms with Gasteiger partial charge in [0, 0.05) is 33.2 Å². The molecule has 4 unspecified atom stereocenters. The molecule has 2 aromatic rings. The second-order valence-corrected chi connectivity index (χ2v) is 8.89. The van der Waals surface area contributed by atoms with E-state index in [0.29, 0.717) is 19.5 Å². The van der Waals surface area contributed by atoms with Gasteiger partial charge in [-0.3, -0.25) is 19.5 Å². The average molecular weight is 435 g/mol. The smallest absolute Gasteiger partial charge is 0.233 e. The van der Waals surface area contributed by atoms with Crippen molar-refractivity contribution in [3.8, 4) is 0 Å². The quantitative estimate of drug-likeness (QED) is 0.217. The molecule has 1 saturated heterocycles. The number of hydrogen-bond acceptors (Lipinski definition) is 4. The Morgan fingerprint density at radius 2 is 1.69 bits per heavy atom. The second-order valence-electron chi connectivity index (χ2n) is 8.89. The summed E-state index contributed by atoms with van der Waals surface area (Å²) in [5, 5.41) is 6.61. The highest BCUT2D eigenvalue weighted by Crippen LogP contribution is 2.52. The van der Waals surface area contributed by atoms with Gasteiger partial charge >= 0.3 is 0 Å². The van der Waals surface area contributed by atoms with E-state index in [2.05, 4.69) is 43.4 Å². The standard InChI is InChI=1S/C24H30N6O2/c1-25-24(26-10-4-12-29-15-28-18-6-2-3-7-19(18)29)27-11-5-13-30-22(31)20-16-8-9-17(14-16)21(20)23(30)32/h2-3,6-9,15-17,20-21H,4-5,10-14H2,1H3,(H2,25,26,27). The maximum atomic E-state index is 12.7. The zero-order valence-electron chi connectivity index (χ0n) is 18.4. The van der Waals surface area contributed by atoms with Gasteiger partial charge in [-0.15, -0.1) is 0 Å². The number of benzene rings is 1. The lowest BCUT2D eigenvalue weighted by atomic mass is 9.85. The Labute approximate surface area is 187 Å². The number of guanidine groups is 1. The van der Waals surface area contributed by atoms with Crippen LogP contribution in [0.15, 0.2) is 47.7 Å². The van der Waals surface area contributed by atoms with Gasteiger partial charge in [0.05, 0.1) is 29.2 Å². The lowest BCUT2D eigenvalue weighted by Gasteiger charge is -2.18. The number of nitrogens with one attached hydrogen (secondary N) is 2. The van der Waals surface area contributed by atoms with Crippen LogP contribution in [-0.4, -0.2) is 58.9 Å². The van der Waals surface area contributed by atoms with Crippen molar-refractivity contribution in [1.29, 1.82) is 0 Å². The van der Waals surface area contributed by atoms with Crippen LogP contribution < -0.4 is 10.6 Å². The minimum atomic E-state index is -0.104. The summed E-state index contributed by atoms with van der Waals surface area (Å²) >= 11 is 0. The second kappa shape index (κ2) is 8.76. The molecule has 32 heavy (non-hydrogen) atoms. The van der Waals surface area contributed by atoms with Crippen molar-refractivity contribution in [2.24, 2.45) is 28.7 Å². The zero-order chi connectivity index (χ0) is 22.1. The Kier molecular flexibility index (Phi) is 5.68. The number of rotatable bonds is 8. The molecule has 2 heterocycles. The summed E-state index contributed by atoms with van der Waals surface area (Å²) < 4.78 is 2.16. The number of aryl methyl sites for hydroxylation is 1. The summed E-state index contributed by atoms with van der Waals surface area (Å²) in [6, 6.07) is 8.13. The molecule has 1 aromatic heterocycles. The number of likely N-dealkylation sites (tertiary alicyclic amines) is 1. The Morgan fingerprint density at radius 1 is 1.03 bits per heavy atom. The molecule has 2 bridgehead atoms. The molecule has 2 fully saturated rings. The minimum Gasteiger partial charge on any atom is -0.356 e. The molecule has 168 valence electrons. The maximum Gasteiger partial charge on any atom is 0.233 e. The fourth-order valence-electron chi connectivity index (χ4n) is 5.49. The van der Waals surface area contributed by atoms with Gasteiger partial charge in [0.2, 0.25) is 11.8 Å². The van der Waals surface area contributed by atoms with Crippen LogP contribution in [0.5, 0.6) is 0 Å². The van der Waals surface area contributed by atoms with Crippen LogP contribution in [0.25, 0.3) is 11.0 Å². The molecule has 2 amide bonds. The van der Waals surface area contributed by atoms with Crippen LogP contribution in [-0.2, 0) is 16.1 Å². The van der Waals surface area contributed by atoms with E-state index in [1.807, 2.05) is 24.5 Å². The minimum absolute atomic E-state index is 0.0337. The molecule has 1 saturated carbocycles. The molecule has 3 aliphatic rings. The fraction of sp³-hybridized carbons (Fsp3) is 0.500. The molecule has 8 nitrogen and oxygen atoms in total. The van der Waals surface area contributed by atoms with E-state index < -0.39 is 0 Å². The topological polar surface area (TPSA) is 91.6 Å². The number of hydrogen-bond donors (Lipinski definition) is 2. The molecule has 0 radical (unpaired) electrons. The van der Waals surface area contributed by atoms with Crippen LogP contribution in [0.2, 0.25) is 0 Å². The summed E-state index contributed by atoms with van der Waals surface area (Å²) in [5.41, 5.74) is 2.16. The van der Waals surface area contributed by atoms with E-state index >= 15 is 0 Å². The normalized spacial score (nSPS) is 26.4. The van der Waals surface area contributed by atoms with E-state index in [1.54, 1.807) is 7.05 Å². The summed E-state index contributed by atoms with van der Waals surface area (Å²) in [5.74, 6) is 1.14. The van der Waals surface area contributed by atoms with Gasteiger partial charge in [0.1, 0.15) is 0 Å². The van der Waals surface area contributed by atoms with Crippen molar-refractivity contribution in [3.05, 3.63) is 42.7 Å². The Balaban J connectivity index is 1.02. The summed E-state index contributed by atoms with van der Waals surface area (Å²) in [7, 11) is 1.75. The third-order valence-electron chi connectivity index (χ3n) is 7.03. The first kappa shape index (κ1) is 20.7. The highest BCUT2D eigenvalue weighted by molar-refractivity contribution is 6.06. The number of imidazole rings is 1. The molecular weight excluding hydrogens is 404 g/mol. The number of aliphatic imine (C=N–C) groups is 1. The van der Waals surface area contributed by atoms with Crippen LogP contribution in [0.1, 0.15) is 19.3 Å². The SMILES string of the molecule is CN=C(NCCCN1C(=O)C2C3C=CC(C3)C2C1=O)NCCCn1cnc2ccccc21. The van der Waals surface area contributed by atoms with Crippen molar-refractivity contribution in [1.82, 2.24) is 25.1 Å². The third-order valence-corrected chi connectivity index (χ3v) is 7.03. The Bertz CT molecular complexity index is 1040. The van der Waals surface area contributed by atoms with Crippen molar-refractivity contribution >= 4 is 28.8 Å². The van der Waals surface area contributed by atoms with E-state index in [-0.39, 0.29) is 35.5 Å². The molecule has 1 aliphatic heterocycles. The maximum absolute atomic E-state index is 12.7. The van der Waals surface area contributed by atoms with Crippen molar-refractivity contribution in [2.45, 2.75) is 25.8 Å². The van der Waals surface area contributed by atoms with Crippen LogP contribution in [0.4, 0.5) is 0 Å². The number of imide groups is 1. The number of amides is 2. The van der Waals surface area contributed by atoms with E-state index in [1.165, 1.54) is 4.90 Å². The molecule has 8 heteroatoms. The van der Waals surface area contributed by atoms with Crippen LogP contribution >= 0.6 is 0 Å². The van der Waals surface area contributed by atoms with Gasteiger partial charge in [0.25, 0.3) is 0 Å². The highest BCUT2D eigenvalue weighted by atomic mass is 16.2. The van der Waals surface area contributed by atoms with E-state index in [0.717, 1.165) is 42.9 Å². The van der Waals surface area contributed by atoms with E-state index in [4.69, 9.17) is 0 Å². The highest BCUT2D eigenvalue weighted by Gasteiger charge is 2.58. The first-order valence-electron chi connectivity index (χ1n) is 11.6. The van der Waals surface area contributed by atoms with Crippen molar-refractivity contribution in [2.75, 3.05) is 26.7 Å². The number of aromatic nitrogens is 2. The van der Waals surface area contributed by atoms with Crippen molar-refractivity contribution in [3.63, 3.8) is 0 Å². The summed E-state index contributed by atoms with van der Waals surface area (Å²) in [4.78, 5) is 35.7. The van der Waals surface area contributed by atoms with Gasteiger partial charge < -0.3 is 15.2 Å². The third kappa shape index (κ3) is 3.67. The van der Waals surface area contributed by atoms with Gasteiger partial charge in [-0.05, 0) is 43.2 Å². The number of nitrogens with zero attached hydrogens (tertiary/aromatic N) is 4. The average Bonchev–Trinajstić information content (AvgIpc) is 3.58. The van der Waals surface area contributed by atoms with Gasteiger partial charge in [-0.2, -0.15) is 0 Å². The van der Waals surface area contributed by atoms with Crippen LogP contribution in [0.3, 0.4) is 0 Å². The predicted molar refractivity (Wildman–Crippen MR) is 123 cm³/mol. The summed E-state index contributed by atoms with van der Waals surface area (Å²) in [6.45, 7) is 2.79. The predicted octanol–water partition coefficient (Wildman–Crippen LogP) is 1.79. The zero-order valence-corrected chi connectivity index (χ0v) is 18.4. The lowest BCUT2D eigenvalue weighted by Crippen LogP contribution is -2.40. The Morgan fingerprint density at radius 3 is 2.38 bits per heavy atom. The molecule has 5 rings (SSSR count). The molecule has 1 aromatic carbocycles. The number of para-hydroxylation sites is 2. The fourth-order valence-corrected chi connectivity index (χ4v) is 5.49. The van der Waals surface area contributed by atoms with Gasteiger partial charge in [-0.25, -0.2) is 4.98 Å². The molecule has 2 aliphatic carbocycles. The molecule has 4 atom stereocenters. The lowest BCUT2D eigenvalue weighted by molar-refractivity contribution is -0.140. The molecule has 0 spiro atoms. The number of carbonyl (C=O) groups is 2. The number of fused-ring (bicyclic) bond motifs is 6. The van der Waals surface area contributed by atoms with Gasteiger partial charge in [-0.1, -0.05) is 24.3 Å². The van der Waals surface area contributed by atoms with E-state index in [9.17, 15) is 9.59 Å². The van der Waals surface area contributed by atoms with Crippen molar-refractivity contribution < 1.29 is 9.59 Å². The molecule has 2 N–H and O–H groups in total. The van der Waals surface area contributed by atoms with Crippen LogP contribution in [0, 0.1) is 23.7 Å². The first-order valence-corrected chi connectivity index (χ1v) is 11.6. The Hall–Kier alpha value is -3.16. The largest absolute Gasteiger partial charge is 0.356 e. The summed E-state index contributed by atoms with van der Waals surface area (Å²) in [6.07, 6.45) is 8.77. The molecular formula is C24H30N6O2.